The summed E-state index contributed by atoms with van der Waals surface area (Å²) in [5.74, 6) is 0.704. The van der Waals surface area contributed by atoms with Gasteiger partial charge in [-0.15, -0.1) is 0 Å². The topological polar surface area (TPSA) is 94.2 Å². The van der Waals surface area contributed by atoms with Crippen molar-refractivity contribution in [2.24, 2.45) is 0 Å². The minimum absolute atomic E-state index is 0.124. The predicted octanol–water partition coefficient (Wildman–Crippen LogP) is 2.54. The summed E-state index contributed by atoms with van der Waals surface area (Å²) in [7, 11) is -3.47. The quantitative estimate of drug-likeness (QED) is 0.562. The molecular weight excluding hydrogens is 511 g/mol. The molecule has 1 fully saturated rings. The second-order valence-corrected chi connectivity index (χ2v) is 10.4. The first-order valence-corrected chi connectivity index (χ1v) is 11.9. The van der Waals surface area contributed by atoms with Crippen molar-refractivity contribution in [2.45, 2.75) is 45.4 Å². The molecule has 10 heteroatoms. The maximum absolute atomic E-state index is 12.6. The SMILES string of the molecule is C=CS(=O)(=O)NC1CCN(C(=O)COc2c(C)cc(I)c3c2OC(C)(C)O3)CC1. The summed E-state index contributed by atoms with van der Waals surface area (Å²) >= 11 is 2.19. The largest absolute Gasteiger partial charge is 0.479 e. The highest BCUT2D eigenvalue weighted by Crippen LogP contribution is 2.50. The standard InChI is InChI=1S/C19H25IN2O6S/c1-5-29(24,25)21-13-6-8-22(9-7-13)15(23)11-26-16-12(2)10-14(20)17-18(16)28-19(3,4)27-17/h5,10,13,21H,1,6-9,11H2,2-4H3. The molecule has 8 nitrogen and oxygen atoms in total. The van der Waals surface area contributed by atoms with Crippen LogP contribution < -0.4 is 18.9 Å². The Morgan fingerprint density at radius 2 is 2.00 bits per heavy atom. The van der Waals surface area contributed by atoms with Gasteiger partial charge in [0.1, 0.15) is 0 Å². The first-order valence-electron chi connectivity index (χ1n) is 9.28. The van der Waals surface area contributed by atoms with Crippen LogP contribution >= 0.6 is 22.6 Å². The van der Waals surface area contributed by atoms with E-state index in [1.807, 2.05) is 26.8 Å². The monoisotopic (exact) mass is 536 g/mol. The number of hydrogen-bond donors (Lipinski definition) is 1. The van der Waals surface area contributed by atoms with Crippen molar-refractivity contribution in [3.05, 3.63) is 27.2 Å². The van der Waals surface area contributed by atoms with Crippen molar-refractivity contribution in [1.82, 2.24) is 9.62 Å². The van der Waals surface area contributed by atoms with Crippen LogP contribution in [0.25, 0.3) is 0 Å². The minimum Gasteiger partial charge on any atom is -0.479 e. The number of halogens is 1. The Morgan fingerprint density at radius 1 is 1.38 bits per heavy atom. The summed E-state index contributed by atoms with van der Waals surface area (Å²) in [6.45, 7) is 9.62. The van der Waals surface area contributed by atoms with Crippen LogP contribution in [-0.2, 0) is 14.8 Å². The summed E-state index contributed by atoms with van der Waals surface area (Å²) in [4.78, 5) is 14.3. The number of carbonyl (C=O) groups excluding carboxylic acids is 1. The van der Waals surface area contributed by atoms with E-state index >= 15 is 0 Å². The summed E-state index contributed by atoms with van der Waals surface area (Å²) in [6.07, 6.45) is 1.09. The molecule has 0 radical (unpaired) electrons. The van der Waals surface area contributed by atoms with Crippen LogP contribution in [0, 0.1) is 10.5 Å². The zero-order valence-corrected chi connectivity index (χ0v) is 19.6. The van der Waals surface area contributed by atoms with Gasteiger partial charge in [-0.05, 0) is 54.0 Å². The molecule has 1 saturated heterocycles. The van der Waals surface area contributed by atoms with Crippen molar-refractivity contribution in [3.8, 4) is 17.2 Å². The van der Waals surface area contributed by atoms with Gasteiger partial charge in [-0.2, -0.15) is 0 Å². The molecular formula is C19H25IN2O6S. The Labute approximate surface area is 184 Å². The van der Waals surface area contributed by atoms with Crippen LogP contribution in [0.1, 0.15) is 32.3 Å². The van der Waals surface area contributed by atoms with Crippen LogP contribution in [0.4, 0.5) is 0 Å². The lowest BCUT2D eigenvalue weighted by atomic mass is 10.1. The van der Waals surface area contributed by atoms with E-state index in [1.165, 1.54) is 0 Å². The first-order chi connectivity index (χ1) is 13.5. The van der Waals surface area contributed by atoms with Crippen molar-refractivity contribution in [2.75, 3.05) is 19.7 Å². The Bertz CT molecular complexity index is 923. The molecule has 2 aliphatic heterocycles. The van der Waals surface area contributed by atoms with Crippen LogP contribution in [0.15, 0.2) is 18.1 Å². The highest BCUT2D eigenvalue weighted by Gasteiger charge is 2.37. The highest BCUT2D eigenvalue weighted by molar-refractivity contribution is 14.1. The average Bonchev–Trinajstić information content (AvgIpc) is 2.97. The Morgan fingerprint density at radius 3 is 2.62 bits per heavy atom. The Balaban J connectivity index is 1.60. The molecule has 2 aliphatic rings. The van der Waals surface area contributed by atoms with E-state index in [0.717, 1.165) is 14.5 Å². The number of amides is 1. The molecule has 1 aromatic carbocycles. The van der Waals surface area contributed by atoms with Crippen LogP contribution in [-0.4, -0.2) is 50.8 Å². The number of piperidine rings is 1. The molecule has 0 unspecified atom stereocenters. The van der Waals surface area contributed by atoms with Crippen molar-refractivity contribution >= 4 is 38.5 Å². The molecule has 1 N–H and O–H groups in total. The van der Waals surface area contributed by atoms with Gasteiger partial charge in [0.15, 0.2) is 18.1 Å². The fraction of sp³-hybridized carbons (Fsp3) is 0.526. The average molecular weight is 536 g/mol. The highest BCUT2D eigenvalue weighted by atomic mass is 127. The van der Waals surface area contributed by atoms with Gasteiger partial charge in [0.05, 0.1) is 3.57 Å². The van der Waals surface area contributed by atoms with Gasteiger partial charge in [0.25, 0.3) is 5.91 Å². The normalized spacial score (nSPS) is 18.6. The van der Waals surface area contributed by atoms with E-state index in [-0.39, 0.29) is 18.6 Å². The van der Waals surface area contributed by atoms with Gasteiger partial charge in [0.2, 0.25) is 21.6 Å². The van der Waals surface area contributed by atoms with Gasteiger partial charge >= 0.3 is 0 Å². The number of fused-ring (bicyclic) bond motifs is 1. The maximum Gasteiger partial charge on any atom is 0.260 e. The van der Waals surface area contributed by atoms with Gasteiger partial charge in [-0.1, -0.05) is 6.58 Å². The number of rotatable bonds is 6. The number of aryl methyl sites for hydroxylation is 1. The third-order valence-electron chi connectivity index (χ3n) is 4.76. The van der Waals surface area contributed by atoms with E-state index in [4.69, 9.17) is 14.2 Å². The lowest BCUT2D eigenvalue weighted by Crippen LogP contribution is -2.47. The van der Waals surface area contributed by atoms with Gasteiger partial charge in [-0.3, -0.25) is 4.79 Å². The van der Waals surface area contributed by atoms with Crippen LogP contribution in [0.2, 0.25) is 0 Å². The number of ether oxygens (including phenoxy) is 3. The first kappa shape index (κ1) is 22.2. The molecule has 1 amide bonds. The number of hydrogen-bond acceptors (Lipinski definition) is 6. The van der Waals surface area contributed by atoms with E-state index in [2.05, 4.69) is 33.9 Å². The molecule has 0 aromatic heterocycles. The molecule has 29 heavy (non-hydrogen) atoms. The molecule has 1 aromatic rings. The van der Waals surface area contributed by atoms with E-state index in [1.54, 1.807) is 4.90 Å². The van der Waals surface area contributed by atoms with E-state index in [9.17, 15) is 13.2 Å². The third kappa shape index (κ3) is 5.15. The van der Waals surface area contributed by atoms with Crippen molar-refractivity contribution in [1.29, 1.82) is 0 Å². The lowest BCUT2D eigenvalue weighted by molar-refractivity contribution is -0.134. The molecule has 0 atom stereocenters. The second-order valence-electron chi connectivity index (χ2n) is 7.54. The minimum atomic E-state index is -3.47. The van der Waals surface area contributed by atoms with E-state index in [0.29, 0.717) is 43.2 Å². The molecule has 0 aliphatic carbocycles. The van der Waals surface area contributed by atoms with Crippen molar-refractivity contribution in [3.63, 3.8) is 0 Å². The maximum atomic E-state index is 12.6. The molecule has 160 valence electrons. The third-order valence-corrected chi connectivity index (χ3v) is 6.67. The van der Waals surface area contributed by atoms with Crippen LogP contribution in [0.5, 0.6) is 17.2 Å². The molecule has 0 spiro atoms. The Kier molecular flexibility index (Phi) is 6.35. The lowest BCUT2D eigenvalue weighted by Gasteiger charge is -2.32. The fourth-order valence-corrected chi connectivity index (χ4v) is 4.96. The smallest absolute Gasteiger partial charge is 0.260 e. The molecule has 3 rings (SSSR count). The van der Waals surface area contributed by atoms with Crippen LogP contribution in [0.3, 0.4) is 0 Å². The van der Waals surface area contributed by atoms with Crippen molar-refractivity contribution < 1.29 is 27.4 Å². The van der Waals surface area contributed by atoms with Gasteiger partial charge in [0, 0.05) is 38.4 Å². The molecule has 0 bridgehead atoms. The molecule has 0 saturated carbocycles. The van der Waals surface area contributed by atoms with Gasteiger partial charge < -0.3 is 19.1 Å². The number of likely N-dealkylation sites (tertiary alicyclic amines) is 1. The molecule has 2 heterocycles. The predicted molar refractivity (Wildman–Crippen MR) is 117 cm³/mol. The number of benzene rings is 1. The zero-order valence-electron chi connectivity index (χ0n) is 16.7. The Hall–Kier alpha value is -1.53. The van der Waals surface area contributed by atoms with Gasteiger partial charge in [-0.25, -0.2) is 13.1 Å². The number of nitrogens with one attached hydrogen (secondary N) is 1. The summed E-state index contributed by atoms with van der Waals surface area (Å²) in [6, 6.07) is 1.73. The fourth-order valence-electron chi connectivity index (χ4n) is 3.34. The number of nitrogens with zero attached hydrogens (tertiary/aromatic N) is 1. The zero-order chi connectivity index (χ0) is 21.4. The van der Waals surface area contributed by atoms with E-state index < -0.39 is 15.8 Å². The summed E-state index contributed by atoms with van der Waals surface area (Å²) < 4.78 is 44.2. The summed E-state index contributed by atoms with van der Waals surface area (Å²) in [5.41, 5.74) is 0.861. The second kappa shape index (κ2) is 8.31. The number of carbonyl (C=O) groups is 1. The number of sulfonamides is 1. The summed E-state index contributed by atoms with van der Waals surface area (Å²) in [5, 5.41) is 0.896.